The van der Waals surface area contributed by atoms with Gasteiger partial charge in [-0.15, -0.1) is 0 Å². The van der Waals surface area contributed by atoms with Crippen molar-refractivity contribution >= 4 is 0 Å². The number of aromatic nitrogens is 2. The Morgan fingerprint density at radius 2 is 2.05 bits per heavy atom. The highest BCUT2D eigenvalue weighted by Gasteiger charge is 2.25. The van der Waals surface area contributed by atoms with Crippen LogP contribution in [0.2, 0.25) is 0 Å². The van der Waals surface area contributed by atoms with Gasteiger partial charge in [-0.3, -0.25) is 9.58 Å². The summed E-state index contributed by atoms with van der Waals surface area (Å²) in [5, 5.41) is 7.92. The van der Waals surface area contributed by atoms with Crippen molar-refractivity contribution in [2.75, 3.05) is 19.6 Å². The van der Waals surface area contributed by atoms with Gasteiger partial charge in [-0.25, -0.2) is 0 Å². The van der Waals surface area contributed by atoms with Crippen molar-refractivity contribution in [2.45, 2.75) is 25.6 Å². The first kappa shape index (κ1) is 13.3. The maximum Gasteiger partial charge on any atom is 0.0536 e. The lowest BCUT2D eigenvalue weighted by Crippen LogP contribution is -2.52. The van der Waals surface area contributed by atoms with E-state index in [2.05, 4.69) is 52.6 Å². The van der Waals surface area contributed by atoms with Gasteiger partial charge in [0.25, 0.3) is 0 Å². The first-order valence-corrected chi connectivity index (χ1v) is 7.33. The van der Waals surface area contributed by atoms with Gasteiger partial charge in [-0.1, -0.05) is 30.3 Å². The van der Waals surface area contributed by atoms with Crippen LogP contribution < -0.4 is 5.32 Å². The molecule has 1 N–H and O–H groups in total. The molecule has 1 aromatic heterocycles. The molecule has 106 valence electrons. The quantitative estimate of drug-likeness (QED) is 0.921. The lowest BCUT2D eigenvalue weighted by Gasteiger charge is -2.39. The fourth-order valence-electron chi connectivity index (χ4n) is 2.80. The molecule has 1 saturated heterocycles. The zero-order chi connectivity index (χ0) is 13.8. The van der Waals surface area contributed by atoms with E-state index in [-0.39, 0.29) is 0 Å². The van der Waals surface area contributed by atoms with E-state index < -0.39 is 0 Å². The van der Waals surface area contributed by atoms with Crippen molar-refractivity contribution in [3.8, 4) is 0 Å². The highest BCUT2D eigenvalue weighted by Crippen LogP contribution is 2.19. The van der Waals surface area contributed by atoms with Crippen LogP contribution in [0.15, 0.2) is 48.8 Å². The van der Waals surface area contributed by atoms with Crippen molar-refractivity contribution in [1.29, 1.82) is 0 Å². The summed E-state index contributed by atoms with van der Waals surface area (Å²) in [6.45, 7) is 6.40. The fraction of sp³-hybridized carbons (Fsp3) is 0.438. The maximum absolute atomic E-state index is 4.28. The minimum atomic E-state index is 0.435. The van der Waals surface area contributed by atoms with E-state index in [1.165, 1.54) is 5.56 Å². The first-order valence-electron chi connectivity index (χ1n) is 7.33. The van der Waals surface area contributed by atoms with Gasteiger partial charge < -0.3 is 5.32 Å². The summed E-state index contributed by atoms with van der Waals surface area (Å²) in [5.74, 6) is 0. The second-order valence-corrected chi connectivity index (χ2v) is 5.48. The highest BCUT2D eigenvalue weighted by molar-refractivity contribution is 5.20. The topological polar surface area (TPSA) is 33.1 Å². The molecule has 0 spiro atoms. The van der Waals surface area contributed by atoms with E-state index in [4.69, 9.17) is 0 Å². The van der Waals surface area contributed by atoms with E-state index in [0.717, 1.165) is 26.2 Å². The van der Waals surface area contributed by atoms with Gasteiger partial charge in [0.2, 0.25) is 0 Å². The van der Waals surface area contributed by atoms with Crippen LogP contribution in [0, 0.1) is 0 Å². The summed E-state index contributed by atoms with van der Waals surface area (Å²) in [6, 6.07) is 13.7. The number of nitrogens with one attached hydrogen (secondary N) is 1. The number of piperazine rings is 1. The molecule has 1 aromatic carbocycles. The smallest absolute Gasteiger partial charge is 0.0536 e. The van der Waals surface area contributed by atoms with Crippen LogP contribution in [0.5, 0.6) is 0 Å². The molecule has 4 nitrogen and oxygen atoms in total. The lowest BCUT2D eigenvalue weighted by atomic mass is 10.0. The number of benzene rings is 1. The van der Waals surface area contributed by atoms with Gasteiger partial charge in [-0.05, 0) is 18.6 Å². The number of nitrogens with zero attached hydrogens (tertiary/aromatic N) is 3. The van der Waals surface area contributed by atoms with Crippen LogP contribution in [0.25, 0.3) is 0 Å². The van der Waals surface area contributed by atoms with Crippen LogP contribution in [0.4, 0.5) is 0 Å². The Kier molecular flexibility index (Phi) is 4.14. The second-order valence-electron chi connectivity index (χ2n) is 5.48. The van der Waals surface area contributed by atoms with Gasteiger partial charge in [0, 0.05) is 44.1 Å². The molecule has 1 aliphatic rings. The number of hydrogen-bond donors (Lipinski definition) is 1. The normalized spacial score (nSPS) is 23.9. The third kappa shape index (κ3) is 3.08. The van der Waals surface area contributed by atoms with E-state index >= 15 is 0 Å². The molecule has 2 unspecified atom stereocenters. The predicted molar refractivity (Wildman–Crippen MR) is 80.4 cm³/mol. The summed E-state index contributed by atoms with van der Waals surface area (Å²) in [5.41, 5.74) is 1.38. The van der Waals surface area contributed by atoms with Crippen LogP contribution in [0.3, 0.4) is 0 Å². The SMILES string of the molecule is CC1CNC(c2ccccc2)CN1CCn1cccn1. The molecule has 1 fully saturated rings. The molecule has 2 atom stereocenters. The molecule has 0 amide bonds. The van der Waals surface area contributed by atoms with Gasteiger partial charge in [0.1, 0.15) is 0 Å². The summed E-state index contributed by atoms with van der Waals surface area (Å²) in [6.07, 6.45) is 3.87. The zero-order valence-corrected chi connectivity index (χ0v) is 11.9. The Labute approximate surface area is 120 Å². The Balaban J connectivity index is 1.61. The standard InChI is InChI=1S/C16H22N4/c1-14-12-17-16(15-6-3-2-4-7-15)13-19(14)10-11-20-9-5-8-18-20/h2-9,14,16-17H,10-13H2,1H3. The van der Waals surface area contributed by atoms with Crippen LogP contribution in [0.1, 0.15) is 18.5 Å². The maximum atomic E-state index is 4.28. The Bertz CT molecular complexity index is 509. The third-order valence-electron chi connectivity index (χ3n) is 4.08. The molecule has 20 heavy (non-hydrogen) atoms. The fourth-order valence-corrected chi connectivity index (χ4v) is 2.80. The Hall–Kier alpha value is -1.65. The van der Waals surface area contributed by atoms with Crippen LogP contribution in [-0.4, -0.2) is 40.4 Å². The molecule has 4 heteroatoms. The van der Waals surface area contributed by atoms with Gasteiger partial charge in [0.05, 0.1) is 6.54 Å². The molecule has 0 aliphatic carbocycles. The van der Waals surface area contributed by atoms with E-state index in [0.29, 0.717) is 12.1 Å². The minimum absolute atomic E-state index is 0.435. The van der Waals surface area contributed by atoms with Crippen molar-refractivity contribution in [2.24, 2.45) is 0 Å². The van der Waals surface area contributed by atoms with Crippen LogP contribution in [-0.2, 0) is 6.54 Å². The summed E-state index contributed by atoms with van der Waals surface area (Å²) >= 11 is 0. The molecular weight excluding hydrogens is 248 g/mol. The molecular formula is C16H22N4. The lowest BCUT2D eigenvalue weighted by molar-refractivity contribution is 0.134. The monoisotopic (exact) mass is 270 g/mol. The van der Waals surface area contributed by atoms with E-state index in [9.17, 15) is 0 Å². The van der Waals surface area contributed by atoms with Crippen molar-refractivity contribution in [3.63, 3.8) is 0 Å². The molecule has 0 bridgehead atoms. The third-order valence-corrected chi connectivity index (χ3v) is 4.08. The van der Waals surface area contributed by atoms with Gasteiger partial charge >= 0.3 is 0 Å². The molecule has 0 saturated carbocycles. The largest absolute Gasteiger partial charge is 0.307 e. The van der Waals surface area contributed by atoms with Crippen molar-refractivity contribution < 1.29 is 0 Å². The van der Waals surface area contributed by atoms with Crippen molar-refractivity contribution in [3.05, 3.63) is 54.4 Å². The van der Waals surface area contributed by atoms with E-state index in [1.807, 2.05) is 23.1 Å². The van der Waals surface area contributed by atoms with Gasteiger partial charge in [-0.2, -0.15) is 5.10 Å². The van der Waals surface area contributed by atoms with Gasteiger partial charge in [0.15, 0.2) is 0 Å². The van der Waals surface area contributed by atoms with Crippen LogP contribution >= 0.6 is 0 Å². The second kappa shape index (κ2) is 6.20. The number of hydrogen-bond acceptors (Lipinski definition) is 3. The highest BCUT2D eigenvalue weighted by atomic mass is 15.3. The zero-order valence-electron chi connectivity index (χ0n) is 11.9. The molecule has 0 radical (unpaired) electrons. The Morgan fingerprint density at radius 3 is 2.80 bits per heavy atom. The average Bonchev–Trinajstić information content (AvgIpc) is 3.01. The minimum Gasteiger partial charge on any atom is -0.307 e. The molecule has 2 heterocycles. The molecule has 3 rings (SSSR count). The summed E-state index contributed by atoms with van der Waals surface area (Å²) in [4.78, 5) is 2.55. The predicted octanol–water partition coefficient (Wildman–Crippen LogP) is 1.92. The first-order chi connectivity index (χ1) is 9.83. The van der Waals surface area contributed by atoms with E-state index in [1.54, 1.807) is 0 Å². The summed E-state index contributed by atoms with van der Waals surface area (Å²) in [7, 11) is 0. The molecule has 1 aliphatic heterocycles. The average molecular weight is 270 g/mol. The van der Waals surface area contributed by atoms with Crippen molar-refractivity contribution in [1.82, 2.24) is 20.0 Å². The molecule has 2 aromatic rings. The number of rotatable bonds is 4. The Morgan fingerprint density at radius 1 is 1.20 bits per heavy atom. The summed E-state index contributed by atoms with van der Waals surface area (Å²) < 4.78 is 2.01.